The zero-order valence-corrected chi connectivity index (χ0v) is 15.8. The van der Waals surface area contributed by atoms with Crippen LogP contribution in [-0.4, -0.2) is 61.0 Å². The molecule has 1 saturated heterocycles. The largest absolute Gasteiger partial charge is 0.478 e. The summed E-state index contributed by atoms with van der Waals surface area (Å²) in [5.74, 6) is -0.394. The fourth-order valence-electron chi connectivity index (χ4n) is 3.11. The number of ether oxygens (including phenoxy) is 2. The molecule has 3 rings (SSSR count). The van der Waals surface area contributed by atoms with Crippen molar-refractivity contribution in [2.45, 2.75) is 13.3 Å². The average Bonchev–Trinajstić information content (AvgIpc) is 2.72. The van der Waals surface area contributed by atoms with E-state index in [0.29, 0.717) is 37.7 Å². The van der Waals surface area contributed by atoms with Gasteiger partial charge in [-0.1, -0.05) is 24.3 Å². The van der Waals surface area contributed by atoms with Gasteiger partial charge >= 0.3 is 5.97 Å². The number of anilines is 1. The molecule has 0 saturated carbocycles. The van der Waals surface area contributed by atoms with Crippen molar-refractivity contribution in [3.8, 4) is 5.75 Å². The highest BCUT2D eigenvalue weighted by atomic mass is 16.5. The fourth-order valence-corrected chi connectivity index (χ4v) is 3.11. The number of carboxylic acids is 1. The number of Topliss-reactive ketones (excluding diaryl/α,β-unsaturated/α-hetero) is 1. The van der Waals surface area contributed by atoms with Gasteiger partial charge in [0, 0.05) is 18.8 Å². The van der Waals surface area contributed by atoms with Crippen LogP contribution in [0.5, 0.6) is 5.75 Å². The fraction of sp³-hybridized carbons (Fsp3) is 0.333. The van der Waals surface area contributed by atoms with E-state index >= 15 is 0 Å². The van der Waals surface area contributed by atoms with Gasteiger partial charge in [-0.2, -0.15) is 0 Å². The lowest BCUT2D eigenvalue weighted by Gasteiger charge is -2.41. The number of ketones is 1. The first-order chi connectivity index (χ1) is 13.5. The Morgan fingerprint density at radius 3 is 2.50 bits per heavy atom. The number of hydrogen-bond donors (Lipinski definition) is 1. The third kappa shape index (κ3) is 5.09. The van der Waals surface area contributed by atoms with Gasteiger partial charge in [0.1, 0.15) is 11.5 Å². The first kappa shape index (κ1) is 19.9. The second kappa shape index (κ2) is 9.34. The van der Waals surface area contributed by atoms with Crippen LogP contribution in [0.4, 0.5) is 5.69 Å². The predicted octanol–water partition coefficient (Wildman–Crippen LogP) is 2.48. The number of nitrogens with zero attached hydrogens (tertiary/aromatic N) is 2. The highest BCUT2D eigenvalue weighted by Crippen LogP contribution is 2.24. The van der Waals surface area contributed by atoms with Crippen LogP contribution in [0.1, 0.15) is 17.3 Å². The van der Waals surface area contributed by atoms with Crippen LogP contribution in [0.2, 0.25) is 0 Å². The van der Waals surface area contributed by atoms with Crippen molar-refractivity contribution in [1.29, 1.82) is 0 Å². The summed E-state index contributed by atoms with van der Waals surface area (Å²) in [5, 5.41) is 9.35. The van der Waals surface area contributed by atoms with Crippen LogP contribution in [0.15, 0.2) is 54.6 Å². The smallest absolute Gasteiger partial charge is 0.335 e. The molecule has 0 aromatic heterocycles. The van der Waals surface area contributed by atoms with Crippen LogP contribution in [0.25, 0.3) is 0 Å². The Hall–Kier alpha value is -2.90. The SMILES string of the molecule is CC(=O)CN(c1cccc(C(=O)O)c1)C(Oc1ccccc1)N1CCOCC1. The Morgan fingerprint density at radius 1 is 1.14 bits per heavy atom. The quantitative estimate of drug-likeness (QED) is 0.701. The summed E-state index contributed by atoms with van der Waals surface area (Å²) in [4.78, 5) is 27.3. The number of rotatable bonds is 8. The summed E-state index contributed by atoms with van der Waals surface area (Å²) in [7, 11) is 0. The van der Waals surface area contributed by atoms with Gasteiger partial charge in [-0.3, -0.25) is 4.79 Å². The Morgan fingerprint density at radius 2 is 1.86 bits per heavy atom. The van der Waals surface area contributed by atoms with Gasteiger partial charge in [0.05, 0.1) is 25.3 Å². The number of carbonyl (C=O) groups is 2. The number of carboxylic acid groups (broad SMARTS) is 1. The summed E-state index contributed by atoms with van der Waals surface area (Å²) in [5.41, 5.74) is 0.772. The summed E-state index contributed by atoms with van der Waals surface area (Å²) in [6.45, 7) is 4.02. The molecule has 1 heterocycles. The van der Waals surface area contributed by atoms with Gasteiger partial charge in [0.15, 0.2) is 0 Å². The number of morpholine rings is 1. The van der Waals surface area contributed by atoms with Crippen LogP contribution in [0, 0.1) is 0 Å². The van der Waals surface area contributed by atoms with E-state index in [-0.39, 0.29) is 17.9 Å². The molecular weight excluding hydrogens is 360 g/mol. The van der Waals surface area contributed by atoms with Crippen LogP contribution >= 0.6 is 0 Å². The van der Waals surface area contributed by atoms with E-state index in [2.05, 4.69) is 4.90 Å². The summed E-state index contributed by atoms with van der Waals surface area (Å²) < 4.78 is 11.7. The minimum atomic E-state index is -1.02. The van der Waals surface area contributed by atoms with Gasteiger partial charge in [0.2, 0.25) is 6.35 Å². The maximum atomic E-state index is 12.0. The monoisotopic (exact) mass is 384 g/mol. The molecule has 2 aromatic rings. The topological polar surface area (TPSA) is 79.3 Å². The molecule has 2 aromatic carbocycles. The van der Waals surface area contributed by atoms with Crippen LogP contribution < -0.4 is 9.64 Å². The maximum Gasteiger partial charge on any atom is 0.335 e. The second-order valence-corrected chi connectivity index (χ2v) is 6.59. The summed E-state index contributed by atoms with van der Waals surface area (Å²) >= 11 is 0. The van der Waals surface area contributed by atoms with Crippen molar-refractivity contribution in [3.05, 3.63) is 60.2 Å². The van der Waals surface area contributed by atoms with Gasteiger partial charge in [-0.05, 0) is 37.3 Å². The molecule has 28 heavy (non-hydrogen) atoms. The zero-order valence-electron chi connectivity index (χ0n) is 15.8. The molecule has 1 atom stereocenters. The highest BCUT2D eigenvalue weighted by Gasteiger charge is 2.30. The molecule has 0 bridgehead atoms. The molecule has 1 fully saturated rings. The van der Waals surface area contributed by atoms with Crippen molar-refractivity contribution in [2.24, 2.45) is 0 Å². The molecular formula is C21H24N2O5. The molecule has 0 amide bonds. The molecule has 1 N–H and O–H groups in total. The standard InChI is InChI=1S/C21H24N2O5/c1-16(24)15-23(18-7-5-6-17(14-18)20(25)26)21(22-10-12-27-13-11-22)28-19-8-3-2-4-9-19/h2-9,14,21H,10-13,15H2,1H3,(H,25,26). The molecule has 0 aliphatic carbocycles. The van der Waals surface area contributed by atoms with Gasteiger partial charge in [-0.15, -0.1) is 0 Å². The number of para-hydroxylation sites is 1. The number of hydrogen-bond acceptors (Lipinski definition) is 6. The van der Waals surface area contributed by atoms with E-state index in [9.17, 15) is 14.7 Å². The Labute approximate surface area is 164 Å². The number of carbonyl (C=O) groups excluding carboxylic acids is 1. The van der Waals surface area contributed by atoms with E-state index in [4.69, 9.17) is 9.47 Å². The molecule has 1 unspecified atom stereocenters. The number of benzene rings is 2. The number of aromatic carboxylic acids is 1. The minimum absolute atomic E-state index is 0.0457. The van der Waals surface area contributed by atoms with Gasteiger partial charge in [0.25, 0.3) is 0 Å². The molecule has 1 aliphatic heterocycles. The van der Waals surface area contributed by atoms with Crippen molar-refractivity contribution in [2.75, 3.05) is 37.7 Å². The lowest BCUT2D eigenvalue weighted by molar-refractivity contribution is -0.116. The predicted molar refractivity (Wildman–Crippen MR) is 105 cm³/mol. The Kier molecular flexibility index (Phi) is 6.62. The average molecular weight is 384 g/mol. The van der Waals surface area contributed by atoms with Gasteiger partial charge < -0.3 is 19.5 Å². The normalized spacial score (nSPS) is 15.6. The molecule has 7 heteroatoms. The van der Waals surface area contributed by atoms with Crippen molar-refractivity contribution in [3.63, 3.8) is 0 Å². The van der Waals surface area contributed by atoms with Crippen LogP contribution in [0.3, 0.4) is 0 Å². The van der Waals surface area contributed by atoms with Crippen molar-refractivity contribution in [1.82, 2.24) is 4.90 Å². The molecule has 1 aliphatic rings. The van der Waals surface area contributed by atoms with E-state index < -0.39 is 12.3 Å². The van der Waals surface area contributed by atoms with Gasteiger partial charge in [-0.25, -0.2) is 9.69 Å². The molecule has 148 valence electrons. The Balaban J connectivity index is 1.98. The van der Waals surface area contributed by atoms with E-state index in [0.717, 1.165) is 0 Å². The van der Waals surface area contributed by atoms with Crippen molar-refractivity contribution >= 4 is 17.4 Å². The van der Waals surface area contributed by atoms with E-state index in [1.165, 1.54) is 13.0 Å². The zero-order chi connectivity index (χ0) is 19.9. The minimum Gasteiger partial charge on any atom is -0.478 e. The van der Waals surface area contributed by atoms with Crippen LogP contribution in [-0.2, 0) is 9.53 Å². The Bertz CT molecular complexity index is 805. The lowest BCUT2D eigenvalue weighted by atomic mass is 10.2. The maximum absolute atomic E-state index is 12.0. The highest BCUT2D eigenvalue weighted by molar-refractivity contribution is 5.89. The first-order valence-electron chi connectivity index (χ1n) is 9.17. The third-order valence-corrected chi connectivity index (χ3v) is 4.43. The molecule has 7 nitrogen and oxygen atoms in total. The van der Waals surface area contributed by atoms with E-state index in [1.54, 1.807) is 23.1 Å². The summed E-state index contributed by atoms with van der Waals surface area (Å²) in [6.07, 6.45) is -0.570. The molecule has 0 radical (unpaired) electrons. The second-order valence-electron chi connectivity index (χ2n) is 6.59. The van der Waals surface area contributed by atoms with E-state index in [1.807, 2.05) is 30.3 Å². The lowest BCUT2D eigenvalue weighted by Crippen LogP contribution is -2.56. The summed E-state index contributed by atoms with van der Waals surface area (Å²) in [6, 6.07) is 15.9. The first-order valence-corrected chi connectivity index (χ1v) is 9.17. The van der Waals surface area contributed by atoms with Crippen molar-refractivity contribution < 1.29 is 24.2 Å². The molecule has 0 spiro atoms. The third-order valence-electron chi connectivity index (χ3n) is 4.43.